The molecule has 174 valence electrons. The summed E-state index contributed by atoms with van der Waals surface area (Å²) in [5.41, 5.74) is 6.16. The van der Waals surface area contributed by atoms with Gasteiger partial charge in [-0.2, -0.15) is 0 Å². The smallest absolute Gasteiger partial charge is 0.254 e. The number of H-pyrrole nitrogens is 1. The molecule has 2 aromatic carbocycles. The Morgan fingerprint density at radius 3 is 2.76 bits per heavy atom. The largest absolute Gasteiger partial charge is 0.342 e. The van der Waals surface area contributed by atoms with Gasteiger partial charge in [-0.25, -0.2) is 9.97 Å². The molecule has 0 unspecified atom stereocenters. The van der Waals surface area contributed by atoms with Gasteiger partial charge in [0.15, 0.2) is 0 Å². The van der Waals surface area contributed by atoms with Crippen LogP contribution < -0.4 is 5.32 Å². The number of amides is 2. The zero-order chi connectivity index (χ0) is 23.7. The Balaban J connectivity index is 1.39. The maximum atomic E-state index is 13.2. The van der Waals surface area contributed by atoms with Gasteiger partial charge in [-0.15, -0.1) is 11.3 Å². The number of aryl methyl sites for hydroxylation is 1. The van der Waals surface area contributed by atoms with E-state index in [4.69, 9.17) is 11.6 Å². The van der Waals surface area contributed by atoms with E-state index >= 15 is 0 Å². The number of likely N-dealkylation sites (tertiary alicyclic amines) is 1. The van der Waals surface area contributed by atoms with Crippen LogP contribution in [0.5, 0.6) is 0 Å². The number of hydrogen-bond acceptors (Lipinski definition) is 5. The second kappa shape index (κ2) is 9.56. The SMILES string of the molecule is Cc1cc(C(=O)N[C@@H](Cc2cscn2)c2nc3cc(Cl)ccc3[nH]2)ccc1C(=O)N1CCCC1. The number of hydrogen-bond donors (Lipinski definition) is 2. The summed E-state index contributed by atoms with van der Waals surface area (Å²) in [6, 6.07) is 10.3. The number of imidazole rings is 1. The number of nitrogens with zero attached hydrogens (tertiary/aromatic N) is 3. The fraction of sp³-hybridized carbons (Fsp3) is 0.280. The minimum absolute atomic E-state index is 0.0318. The van der Waals surface area contributed by atoms with Gasteiger partial charge >= 0.3 is 0 Å². The van der Waals surface area contributed by atoms with Crippen molar-refractivity contribution in [3.63, 3.8) is 0 Å². The maximum absolute atomic E-state index is 13.2. The van der Waals surface area contributed by atoms with Gasteiger partial charge in [0.2, 0.25) is 0 Å². The number of carbonyl (C=O) groups excluding carboxylic acids is 2. The monoisotopic (exact) mass is 493 g/mol. The Kier molecular flexibility index (Phi) is 6.34. The van der Waals surface area contributed by atoms with Crippen LogP contribution in [0.25, 0.3) is 11.0 Å². The molecule has 7 nitrogen and oxygen atoms in total. The third-order valence-corrected chi connectivity index (χ3v) is 6.98. The predicted octanol–water partition coefficient (Wildman–Crippen LogP) is 4.93. The van der Waals surface area contributed by atoms with Gasteiger partial charge in [-0.3, -0.25) is 9.59 Å². The fourth-order valence-corrected chi connectivity index (χ4v) is 5.04. The number of fused-ring (bicyclic) bond motifs is 1. The number of rotatable bonds is 6. The average Bonchev–Trinajstić information content (AvgIpc) is 3.59. The summed E-state index contributed by atoms with van der Waals surface area (Å²) in [6.07, 6.45) is 2.58. The fourth-order valence-electron chi connectivity index (χ4n) is 4.30. The zero-order valence-electron chi connectivity index (χ0n) is 18.7. The Bertz CT molecular complexity index is 1340. The van der Waals surface area contributed by atoms with Gasteiger partial charge in [0.1, 0.15) is 5.82 Å². The molecule has 0 radical (unpaired) electrons. The molecule has 0 aliphatic carbocycles. The number of carbonyl (C=O) groups is 2. The van der Waals surface area contributed by atoms with Crippen LogP contribution in [0.1, 0.15) is 56.7 Å². The predicted molar refractivity (Wildman–Crippen MR) is 133 cm³/mol. The van der Waals surface area contributed by atoms with Crippen LogP contribution in [0.3, 0.4) is 0 Å². The third kappa shape index (κ3) is 4.69. The summed E-state index contributed by atoms with van der Waals surface area (Å²) in [4.78, 5) is 40.2. The lowest BCUT2D eigenvalue weighted by molar-refractivity contribution is 0.0791. The first-order valence-corrected chi connectivity index (χ1v) is 12.5. The molecule has 1 aliphatic heterocycles. The van der Waals surface area contributed by atoms with E-state index in [0.29, 0.717) is 28.4 Å². The van der Waals surface area contributed by atoms with Gasteiger partial charge in [0.25, 0.3) is 11.8 Å². The van der Waals surface area contributed by atoms with Crippen LogP contribution in [0.2, 0.25) is 5.02 Å². The lowest BCUT2D eigenvalue weighted by atomic mass is 10.0. The van der Waals surface area contributed by atoms with E-state index in [9.17, 15) is 9.59 Å². The van der Waals surface area contributed by atoms with Crippen LogP contribution in [-0.2, 0) is 6.42 Å². The lowest BCUT2D eigenvalue weighted by Gasteiger charge is -2.18. The van der Waals surface area contributed by atoms with Crippen molar-refractivity contribution < 1.29 is 9.59 Å². The number of thiazole rings is 1. The zero-order valence-corrected chi connectivity index (χ0v) is 20.2. The molecule has 1 fully saturated rings. The number of halogens is 1. The van der Waals surface area contributed by atoms with Crippen molar-refractivity contribution in [2.75, 3.05) is 13.1 Å². The molecule has 2 aromatic heterocycles. The Hall–Kier alpha value is -3.23. The second-order valence-corrected chi connectivity index (χ2v) is 9.68. The average molecular weight is 494 g/mol. The van der Waals surface area contributed by atoms with E-state index in [-0.39, 0.29) is 11.8 Å². The van der Waals surface area contributed by atoms with Crippen molar-refractivity contribution in [1.29, 1.82) is 0 Å². The first-order chi connectivity index (χ1) is 16.5. The third-order valence-electron chi connectivity index (χ3n) is 6.11. The molecule has 1 atom stereocenters. The highest BCUT2D eigenvalue weighted by atomic mass is 35.5. The molecule has 9 heteroatoms. The first-order valence-electron chi connectivity index (χ1n) is 11.2. The molecule has 0 spiro atoms. The van der Waals surface area contributed by atoms with E-state index < -0.39 is 6.04 Å². The molecule has 0 saturated carbocycles. The second-order valence-electron chi connectivity index (χ2n) is 8.52. The summed E-state index contributed by atoms with van der Waals surface area (Å²) >= 11 is 7.63. The molecule has 4 aromatic rings. The van der Waals surface area contributed by atoms with Gasteiger partial charge in [-0.05, 0) is 61.7 Å². The normalized spacial score (nSPS) is 14.5. The van der Waals surface area contributed by atoms with E-state index in [0.717, 1.165) is 48.2 Å². The summed E-state index contributed by atoms with van der Waals surface area (Å²) in [5, 5.41) is 5.66. The number of nitrogens with one attached hydrogen (secondary N) is 2. The lowest BCUT2D eigenvalue weighted by Crippen LogP contribution is -2.31. The van der Waals surface area contributed by atoms with Crippen molar-refractivity contribution in [2.24, 2.45) is 0 Å². The van der Waals surface area contributed by atoms with Gasteiger partial charge in [-0.1, -0.05) is 11.6 Å². The summed E-state index contributed by atoms with van der Waals surface area (Å²) in [7, 11) is 0. The molecule has 1 aliphatic rings. The number of benzene rings is 2. The number of aromatic amines is 1. The summed E-state index contributed by atoms with van der Waals surface area (Å²) < 4.78 is 0. The van der Waals surface area contributed by atoms with Crippen molar-refractivity contribution in [3.05, 3.63) is 80.5 Å². The number of aromatic nitrogens is 3. The van der Waals surface area contributed by atoms with Crippen LogP contribution in [-0.4, -0.2) is 44.8 Å². The molecule has 2 amide bonds. The Labute approximate surface area is 206 Å². The van der Waals surface area contributed by atoms with Crippen LogP contribution >= 0.6 is 22.9 Å². The Morgan fingerprint density at radius 2 is 2.03 bits per heavy atom. The first kappa shape index (κ1) is 22.6. The van der Waals surface area contributed by atoms with E-state index in [1.165, 1.54) is 11.3 Å². The molecule has 5 rings (SSSR count). The van der Waals surface area contributed by atoms with E-state index in [1.54, 1.807) is 35.8 Å². The van der Waals surface area contributed by atoms with Crippen molar-refractivity contribution in [2.45, 2.75) is 32.2 Å². The summed E-state index contributed by atoms with van der Waals surface area (Å²) in [5.74, 6) is 0.433. The molecular weight excluding hydrogens is 470 g/mol. The topological polar surface area (TPSA) is 91.0 Å². The van der Waals surface area contributed by atoms with Gasteiger partial charge in [0.05, 0.1) is 28.3 Å². The molecule has 0 bridgehead atoms. The highest BCUT2D eigenvalue weighted by molar-refractivity contribution is 7.07. The van der Waals surface area contributed by atoms with Gasteiger partial charge < -0.3 is 15.2 Å². The van der Waals surface area contributed by atoms with Crippen molar-refractivity contribution >= 4 is 45.8 Å². The van der Waals surface area contributed by atoms with Crippen LogP contribution in [0.4, 0.5) is 0 Å². The van der Waals surface area contributed by atoms with Gasteiger partial charge in [0, 0.05) is 41.0 Å². The van der Waals surface area contributed by atoms with E-state index in [1.807, 2.05) is 23.3 Å². The van der Waals surface area contributed by atoms with Crippen LogP contribution in [0.15, 0.2) is 47.3 Å². The quantitative estimate of drug-likeness (QED) is 0.398. The molecular formula is C25H24ClN5O2S. The molecule has 3 heterocycles. The molecule has 2 N–H and O–H groups in total. The minimum atomic E-state index is -0.410. The standard InChI is InChI=1S/C25H24ClN5O2S/c1-15-10-16(4-6-19(15)25(33)31-8-2-3-9-31)24(32)30-22(12-18-13-34-14-27-18)23-28-20-7-5-17(26)11-21(20)29-23/h4-7,10-11,13-14,22H,2-3,8-9,12H2,1H3,(H,28,29)(H,30,32)/t22-/m0/s1. The molecule has 34 heavy (non-hydrogen) atoms. The summed E-state index contributed by atoms with van der Waals surface area (Å²) in [6.45, 7) is 3.46. The van der Waals surface area contributed by atoms with Crippen molar-refractivity contribution in [3.8, 4) is 0 Å². The minimum Gasteiger partial charge on any atom is -0.342 e. The van der Waals surface area contributed by atoms with E-state index in [2.05, 4.69) is 20.3 Å². The highest BCUT2D eigenvalue weighted by Crippen LogP contribution is 2.23. The van der Waals surface area contributed by atoms with Crippen molar-refractivity contribution in [1.82, 2.24) is 25.2 Å². The van der Waals surface area contributed by atoms with Crippen LogP contribution in [0, 0.1) is 6.92 Å². The maximum Gasteiger partial charge on any atom is 0.254 e. The Morgan fingerprint density at radius 1 is 1.21 bits per heavy atom. The highest BCUT2D eigenvalue weighted by Gasteiger charge is 2.24. The molecule has 1 saturated heterocycles.